The minimum atomic E-state index is -4.33. The van der Waals surface area contributed by atoms with Gasteiger partial charge in [-0.3, -0.25) is 0 Å². The first-order valence-electron chi connectivity index (χ1n) is 11.3. The zero-order valence-electron chi connectivity index (χ0n) is 18.4. The lowest BCUT2D eigenvalue weighted by Crippen LogP contribution is -2.42. The Bertz CT molecular complexity index is 790. The number of anilines is 1. The van der Waals surface area contributed by atoms with Crippen LogP contribution in [-0.4, -0.2) is 37.7 Å². The van der Waals surface area contributed by atoms with Gasteiger partial charge in [0.2, 0.25) is 0 Å². The molecule has 3 nitrogen and oxygen atoms in total. The van der Waals surface area contributed by atoms with Crippen LogP contribution in [-0.2, 0) is 6.18 Å². The van der Waals surface area contributed by atoms with Gasteiger partial charge in [-0.15, -0.1) is 0 Å². The van der Waals surface area contributed by atoms with Crippen LogP contribution in [0.3, 0.4) is 0 Å². The van der Waals surface area contributed by atoms with Gasteiger partial charge in [-0.2, -0.15) is 13.2 Å². The summed E-state index contributed by atoms with van der Waals surface area (Å²) in [6, 6.07) is 13.6. The molecule has 1 aliphatic rings. The molecule has 3 rings (SSSR count). The number of likely N-dealkylation sites (tertiary alicyclic amines) is 1. The summed E-state index contributed by atoms with van der Waals surface area (Å²) in [6.07, 6.45) is -0.927. The Balaban J connectivity index is 1.69. The van der Waals surface area contributed by atoms with Crippen molar-refractivity contribution in [3.05, 3.63) is 59.7 Å². The van der Waals surface area contributed by atoms with Crippen molar-refractivity contribution in [1.29, 1.82) is 0 Å². The number of hydrogen-bond acceptors (Lipinski definition) is 3. The smallest absolute Gasteiger partial charge is 0.416 e. The van der Waals surface area contributed by atoms with Crippen LogP contribution in [0.5, 0.6) is 5.75 Å². The Morgan fingerprint density at radius 2 is 1.74 bits per heavy atom. The van der Waals surface area contributed by atoms with Gasteiger partial charge in [0.15, 0.2) is 0 Å². The third-order valence-corrected chi connectivity index (χ3v) is 6.01. The summed E-state index contributed by atoms with van der Waals surface area (Å²) >= 11 is 0. The fourth-order valence-corrected chi connectivity index (χ4v) is 4.30. The van der Waals surface area contributed by atoms with E-state index in [4.69, 9.17) is 4.74 Å². The molecule has 0 spiro atoms. The van der Waals surface area contributed by atoms with E-state index >= 15 is 0 Å². The quantitative estimate of drug-likeness (QED) is 0.493. The summed E-state index contributed by atoms with van der Waals surface area (Å²) < 4.78 is 44.4. The molecule has 0 bridgehead atoms. The van der Waals surface area contributed by atoms with Crippen molar-refractivity contribution in [3.8, 4) is 5.75 Å². The maximum Gasteiger partial charge on any atom is 0.416 e. The highest BCUT2D eigenvalue weighted by Crippen LogP contribution is 2.35. The number of benzene rings is 2. The fourth-order valence-electron chi connectivity index (χ4n) is 4.30. The van der Waals surface area contributed by atoms with Gasteiger partial charge in [-0.05, 0) is 80.7 Å². The van der Waals surface area contributed by atoms with Gasteiger partial charge < -0.3 is 15.0 Å². The topological polar surface area (TPSA) is 24.5 Å². The van der Waals surface area contributed by atoms with Gasteiger partial charge in [0.1, 0.15) is 5.75 Å². The normalized spacial score (nSPS) is 19.9. The highest BCUT2D eigenvalue weighted by Gasteiger charge is 2.32. The van der Waals surface area contributed by atoms with E-state index in [1.807, 2.05) is 0 Å². The van der Waals surface area contributed by atoms with E-state index in [0.29, 0.717) is 18.3 Å². The van der Waals surface area contributed by atoms with Crippen LogP contribution in [0.1, 0.15) is 50.2 Å². The maximum absolute atomic E-state index is 12.8. The fraction of sp³-hybridized carbons (Fsp3) is 0.520. The predicted molar refractivity (Wildman–Crippen MR) is 120 cm³/mol. The minimum absolute atomic E-state index is 0.290. The summed E-state index contributed by atoms with van der Waals surface area (Å²) in [5.74, 6) is 1.15. The largest absolute Gasteiger partial charge is 0.493 e. The van der Waals surface area contributed by atoms with Gasteiger partial charge in [0, 0.05) is 24.7 Å². The van der Waals surface area contributed by atoms with Crippen LogP contribution in [0.4, 0.5) is 18.9 Å². The Labute approximate surface area is 183 Å². The number of unbranched alkanes of at least 4 members (excludes halogenated alkanes) is 1. The highest BCUT2D eigenvalue weighted by molar-refractivity contribution is 5.45. The Hall–Kier alpha value is -2.21. The van der Waals surface area contributed by atoms with E-state index in [1.165, 1.54) is 30.5 Å². The molecule has 2 aromatic carbocycles. The number of ether oxygens (including phenoxy) is 1. The van der Waals surface area contributed by atoms with Crippen LogP contribution >= 0.6 is 0 Å². The Kier molecular flexibility index (Phi) is 8.24. The first kappa shape index (κ1) is 23.5. The molecule has 31 heavy (non-hydrogen) atoms. The summed E-state index contributed by atoms with van der Waals surface area (Å²) in [7, 11) is 0. The third kappa shape index (κ3) is 6.63. The van der Waals surface area contributed by atoms with E-state index in [0.717, 1.165) is 50.4 Å². The van der Waals surface area contributed by atoms with Gasteiger partial charge >= 0.3 is 6.18 Å². The molecule has 2 aromatic rings. The number of nitrogens with one attached hydrogen (secondary N) is 1. The van der Waals surface area contributed by atoms with Gasteiger partial charge in [0.25, 0.3) is 0 Å². The third-order valence-electron chi connectivity index (χ3n) is 6.01. The summed E-state index contributed by atoms with van der Waals surface area (Å²) in [5, 5.41) is 3.33. The van der Waals surface area contributed by atoms with Gasteiger partial charge in [-0.25, -0.2) is 0 Å². The van der Waals surface area contributed by atoms with E-state index in [2.05, 4.69) is 48.3 Å². The van der Waals surface area contributed by atoms with E-state index in [9.17, 15) is 13.2 Å². The van der Waals surface area contributed by atoms with Crippen molar-refractivity contribution >= 4 is 5.69 Å². The maximum atomic E-state index is 12.8. The summed E-state index contributed by atoms with van der Waals surface area (Å²) in [5.41, 5.74) is 1.77. The summed E-state index contributed by atoms with van der Waals surface area (Å²) in [4.78, 5) is 2.49. The van der Waals surface area contributed by atoms with E-state index in [1.54, 1.807) is 0 Å². The van der Waals surface area contributed by atoms with Crippen molar-refractivity contribution in [2.24, 2.45) is 5.92 Å². The molecule has 0 aliphatic carbocycles. The first-order chi connectivity index (χ1) is 14.9. The molecule has 1 fully saturated rings. The van der Waals surface area contributed by atoms with Crippen LogP contribution in [0.15, 0.2) is 48.5 Å². The lowest BCUT2D eigenvalue weighted by atomic mass is 9.80. The molecule has 0 amide bonds. The number of halogens is 3. The van der Waals surface area contributed by atoms with E-state index in [-0.39, 0.29) is 5.92 Å². The average molecular weight is 435 g/mol. The molecule has 1 aliphatic heterocycles. The summed E-state index contributed by atoms with van der Waals surface area (Å²) in [6.45, 7) is 8.75. The number of alkyl halides is 3. The lowest BCUT2D eigenvalue weighted by molar-refractivity contribution is -0.137. The zero-order chi connectivity index (χ0) is 22.3. The molecular weight excluding hydrogens is 401 g/mol. The predicted octanol–water partition coefficient (Wildman–Crippen LogP) is 6.42. The Morgan fingerprint density at radius 3 is 2.35 bits per heavy atom. The molecular formula is C25H33F3N2O. The van der Waals surface area contributed by atoms with Crippen LogP contribution in [0, 0.1) is 5.92 Å². The highest BCUT2D eigenvalue weighted by atomic mass is 19.4. The van der Waals surface area contributed by atoms with Gasteiger partial charge in [0.05, 0.1) is 12.2 Å². The molecule has 1 saturated heterocycles. The van der Waals surface area contributed by atoms with Crippen molar-refractivity contribution in [2.45, 2.75) is 45.2 Å². The minimum Gasteiger partial charge on any atom is -0.493 e. The second-order valence-corrected chi connectivity index (χ2v) is 8.29. The molecule has 2 atom stereocenters. The molecule has 6 heteroatoms. The number of rotatable bonds is 9. The second kappa shape index (κ2) is 10.9. The van der Waals surface area contributed by atoms with Crippen molar-refractivity contribution in [3.63, 3.8) is 0 Å². The zero-order valence-corrected chi connectivity index (χ0v) is 18.4. The molecule has 0 aromatic heterocycles. The molecule has 1 N–H and O–H groups in total. The lowest BCUT2D eigenvalue weighted by Gasteiger charge is -2.39. The monoisotopic (exact) mass is 434 g/mol. The number of hydrogen-bond donors (Lipinski definition) is 1. The molecule has 1 heterocycles. The standard InChI is InChI=1S/C25H33F3N2O/c1-3-5-15-30-16-14-24(19-6-10-22(11-7-19)29-4-2)20(17-30)18-31-23-12-8-21(9-13-23)25(26,27)28/h6-13,20,24,29H,3-5,14-18H2,1-2H3/t20-,24-/m1/s1. The van der Waals surface area contributed by atoms with Crippen molar-refractivity contribution in [2.75, 3.05) is 38.1 Å². The van der Waals surface area contributed by atoms with Crippen LogP contribution < -0.4 is 10.1 Å². The van der Waals surface area contributed by atoms with Crippen LogP contribution in [0.25, 0.3) is 0 Å². The molecule has 0 unspecified atom stereocenters. The van der Waals surface area contributed by atoms with Crippen molar-refractivity contribution in [1.82, 2.24) is 4.90 Å². The number of piperidine rings is 1. The number of nitrogens with zero attached hydrogens (tertiary/aromatic N) is 1. The molecule has 0 radical (unpaired) electrons. The average Bonchev–Trinajstić information content (AvgIpc) is 2.77. The molecule has 0 saturated carbocycles. The van der Waals surface area contributed by atoms with Crippen molar-refractivity contribution < 1.29 is 17.9 Å². The first-order valence-corrected chi connectivity index (χ1v) is 11.3. The van der Waals surface area contributed by atoms with Crippen LogP contribution in [0.2, 0.25) is 0 Å². The van der Waals surface area contributed by atoms with Gasteiger partial charge in [-0.1, -0.05) is 25.5 Å². The van der Waals surface area contributed by atoms with E-state index < -0.39 is 11.7 Å². The second-order valence-electron chi connectivity index (χ2n) is 8.29. The Morgan fingerprint density at radius 1 is 1.03 bits per heavy atom. The SMILES string of the molecule is CCCCN1CC[C@H](c2ccc(NCC)cc2)[C@@H](COc2ccc(C(F)(F)F)cc2)C1. The molecule has 170 valence electrons.